The molecule has 0 spiro atoms. The van der Waals surface area contributed by atoms with Gasteiger partial charge in [-0.1, -0.05) is 12.8 Å². The second kappa shape index (κ2) is 3.00. The standard InChI is InChI=1S/C10H19NO/c1-8-9-4-2-3-5-10(9,12)6-7-11-8/h8-9,11-12H,2-7H2,1H3. The van der Waals surface area contributed by atoms with Gasteiger partial charge in [-0.2, -0.15) is 0 Å². The summed E-state index contributed by atoms with van der Waals surface area (Å²) in [5.41, 5.74) is -0.317. The highest BCUT2D eigenvalue weighted by Crippen LogP contribution is 2.40. The summed E-state index contributed by atoms with van der Waals surface area (Å²) in [6.07, 6.45) is 5.73. The van der Waals surface area contributed by atoms with Crippen LogP contribution in [0.15, 0.2) is 0 Å². The topological polar surface area (TPSA) is 32.3 Å². The van der Waals surface area contributed by atoms with E-state index >= 15 is 0 Å². The molecule has 0 aromatic carbocycles. The molecular formula is C10H19NO. The van der Waals surface area contributed by atoms with E-state index in [9.17, 15) is 5.11 Å². The maximum absolute atomic E-state index is 10.3. The van der Waals surface area contributed by atoms with Crippen molar-refractivity contribution in [1.82, 2.24) is 5.32 Å². The highest BCUT2D eigenvalue weighted by molar-refractivity contribution is 4.98. The van der Waals surface area contributed by atoms with Gasteiger partial charge in [0.15, 0.2) is 0 Å². The van der Waals surface area contributed by atoms with Crippen LogP contribution >= 0.6 is 0 Å². The molecule has 2 heteroatoms. The number of hydrogen-bond donors (Lipinski definition) is 2. The Morgan fingerprint density at radius 2 is 2.17 bits per heavy atom. The predicted octanol–water partition coefficient (Wildman–Crippen LogP) is 1.29. The molecule has 70 valence electrons. The predicted molar refractivity (Wildman–Crippen MR) is 49.0 cm³/mol. The fourth-order valence-electron chi connectivity index (χ4n) is 2.93. The van der Waals surface area contributed by atoms with E-state index in [4.69, 9.17) is 0 Å². The van der Waals surface area contributed by atoms with E-state index < -0.39 is 0 Å². The third-order valence-corrected chi connectivity index (χ3v) is 3.69. The minimum atomic E-state index is -0.317. The Morgan fingerprint density at radius 3 is 2.92 bits per heavy atom. The molecule has 2 N–H and O–H groups in total. The SMILES string of the molecule is CC1NCCC2(O)CCCCC12. The van der Waals surface area contributed by atoms with Gasteiger partial charge in [-0.05, 0) is 32.7 Å². The minimum absolute atomic E-state index is 0.317. The van der Waals surface area contributed by atoms with Crippen molar-refractivity contribution in [3.8, 4) is 0 Å². The lowest BCUT2D eigenvalue weighted by Crippen LogP contribution is -2.56. The molecule has 1 aliphatic carbocycles. The van der Waals surface area contributed by atoms with Crippen LogP contribution in [-0.4, -0.2) is 23.3 Å². The van der Waals surface area contributed by atoms with Crippen LogP contribution < -0.4 is 5.32 Å². The number of hydrogen-bond acceptors (Lipinski definition) is 2. The second-order valence-corrected chi connectivity index (χ2v) is 4.45. The minimum Gasteiger partial charge on any atom is -0.389 e. The van der Waals surface area contributed by atoms with Gasteiger partial charge in [0.05, 0.1) is 5.60 Å². The summed E-state index contributed by atoms with van der Waals surface area (Å²) in [5, 5.41) is 13.8. The van der Waals surface area contributed by atoms with E-state index in [0.717, 1.165) is 19.4 Å². The molecule has 0 radical (unpaired) electrons. The van der Waals surface area contributed by atoms with Crippen LogP contribution in [0.1, 0.15) is 39.0 Å². The Labute approximate surface area is 74.4 Å². The van der Waals surface area contributed by atoms with Crippen molar-refractivity contribution in [3.63, 3.8) is 0 Å². The van der Waals surface area contributed by atoms with Crippen molar-refractivity contribution in [3.05, 3.63) is 0 Å². The largest absolute Gasteiger partial charge is 0.389 e. The van der Waals surface area contributed by atoms with Crippen molar-refractivity contribution in [2.24, 2.45) is 5.92 Å². The van der Waals surface area contributed by atoms with Gasteiger partial charge in [-0.15, -0.1) is 0 Å². The summed E-state index contributed by atoms with van der Waals surface area (Å²) in [6.45, 7) is 3.20. The summed E-state index contributed by atoms with van der Waals surface area (Å²) < 4.78 is 0. The Bertz CT molecular complexity index is 167. The highest BCUT2D eigenvalue weighted by atomic mass is 16.3. The van der Waals surface area contributed by atoms with Crippen LogP contribution in [0.2, 0.25) is 0 Å². The molecule has 0 bridgehead atoms. The van der Waals surface area contributed by atoms with E-state index in [1.165, 1.54) is 19.3 Å². The Balaban J connectivity index is 2.12. The van der Waals surface area contributed by atoms with Crippen LogP contribution in [0.4, 0.5) is 0 Å². The number of piperidine rings is 1. The molecule has 2 aliphatic rings. The van der Waals surface area contributed by atoms with Crippen LogP contribution in [-0.2, 0) is 0 Å². The molecule has 1 saturated heterocycles. The average molecular weight is 169 g/mol. The summed E-state index contributed by atoms with van der Waals surface area (Å²) in [7, 11) is 0. The lowest BCUT2D eigenvalue weighted by molar-refractivity contribution is -0.0823. The third-order valence-electron chi connectivity index (χ3n) is 3.69. The molecular weight excluding hydrogens is 150 g/mol. The summed E-state index contributed by atoms with van der Waals surface area (Å²) in [4.78, 5) is 0. The smallest absolute Gasteiger partial charge is 0.0702 e. The molecule has 1 heterocycles. The van der Waals surface area contributed by atoms with E-state index in [-0.39, 0.29) is 5.60 Å². The first-order chi connectivity index (χ1) is 5.72. The van der Waals surface area contributed by atoms with Crippen molar-refractivity contribution in [2.45, 2.75) is 50.7 Å². The van der Waals surface area contributed by atoms with E-state index in [0.29, 0.717) is 12.0 Å². The Hall–Kier alpha value is -0.0800. The van der Waals surface area contributed by atoms with Gasteiger partial charge in [0.25, 0.3) is 0 Å². The monoisotopic (exact) mass is 169 g/mol. The van der Waals surface area contributed by atoms with Crippen LogP contribution in [0.5, 0.6) is 0 Å². The average Bonchev–Trinajstić information content (AvgIpc) is 2.04. The number of rotatable bonds is 0. The number of aliphatic hydroxyl groups is 1. The van der Waals surface area contributed by atoms with Gasteiger partial charge < -0.3 is 10.4 Å². The number of nitrogens with one attached hydrogen (secondary N) is 1. The first-order valence-corrected chi connectivity index (χ1v) is 5.18. The Kier molecular flexibility index (Phi) is 2.13. The van der Waals surface area contributed by atoms with Crippen LogP contribution in [0.25, 0.3) is 0 Å². The molecule has 0 aromatic heterocycles. The van der Waals surface area contributed by atoms with E-state index in [1.54, 1.807) is 0 Å². The van der Waals surface area contributed by atoms with Gasteiger partial charge in [0, 0.05) is 12.0 Å². The third kappa shape index (κ3) is 1.27. The first kappa shape index (κ1) is 8.52. The first-order valence-electron chi connectivity index (χ1n) is 5.18. The molecule has 12 heavy (non-hydrogen) atoms. The highest BCUT2D eigenvalue weighted by Gasteiger charge is 2.43. The van der Waals surface area contributed by atoms with Crippen molar-refractivity contribution in [2.75, 3.05) is 6.54 Å². The normalized spacial score (nSPS) is 48.5. The Morgan fingerprint density at radius 1 is 1.33 bits per heavy atom. The molecule has 3 unspecified atom stereocenters. The molecule has 2 rings (SSSR count). The van der Waals surface area contributed by atoms with Crippen LogP contribution in [0.3, 0.4) is 0 Å². The number of fused-ring (bicyclic) bond motifs is 1. The quantitative estimate of drug-likeness (QED) is 0.572. The van der Waals surface area contributed by atoms with Gasteiger partial charge >= 0.3 is 0 Å². The lowest BCUT2D eigenvalue weighted by atomic mass is 9.68. The molecule has 1 aliphatic heterocycles. The zero-order valence-electron chi connectivity index (χ0n) is 7.84. The molecule has 0 aromatic rings. The summed E-state index contributed by atoms with van der Waals surface area (Å²) >= 11 is 0. The van der Waals surface area contributed by atoms with Crippen LogP contribution in [0, 0.1) is 5.92 Å². The maximum Gasteiger partial charge on any atom is 0.0702 e. The van der Waals surface area contributed by atoms with Gasteiger partial charge in [0.2, 0.25) is 0 Å². The molecule has 2 nitrogen and oxygen atoms in total. The molecule has 1 saturated carbocycles. The summed E-state index contributed by atoms with van der Waals surface area (Å²) in [6, 6.07) is 0.518. The van der Waals surface area contributed by atoms with Gasteiger partial charge in [-0.3, -0.25) is 0 Å². The van der Waals surface area contributed by atoms with Crippen molar-refractivity contribution < 1.29 is 5.11 Å². The van der Waals surface area contributed by atoms with Gasteiger partial charge in [-0.25, -0.2) is 0 Å². The maximum atomic E-state index is 10.3. The zero-order chi connectivity index (χ0) is 8.60. The molecule has 3 atom stereocenters. The fourth-order valence-corrected chi connectivity index (χ4v) is 2.93. The zero-order valence-corrected chi connectivity index (χ0v) is 7.84. The summed E-state index contributed by atoms with van der Waals surface area (Å²) in [5.74, 6) is 0.514. The van der Waals surface area contributed by atoms with Gasteiger partial charge in [0.1, 0.15) is 0 Å². The lowest BCUT2D eigenvalue weighted by Gasteiger charge is -2.47. The van der Waals surface area contributed by atoms with E-state index in [1.807, 2.05) is 0 Å². The fraction of sp³-hybridized carbons (Fsp3) is 1.00. The second-order valence-electron chi connectivity index (χ2n) is 4.45. The van der Waals surface area contributed by atoms with Crippen molar-refractivity contribution >= 4 is 0 Å². The van der Waals surface area contributed by atoms with Crippen molar-refractivity contribution in [1.29, 1.82) is 0 Å². The van der Waals surface area contributed by atoms with E-state index in [2.05, 4.69) is 12.2 Å². The molecule has 0 amide bonds. The molecule has 2 fully saturated rings.